The first-order valence-electron chi connectivity index (χ1n) is 8.26. The van der Waals surface area contributed by atoms with Crippen molar-refractivity contribution in [2.45, 2.75) is 12.5 Å². The number of nitrogens with zero attached hydrogens (tertiary/aromatic N) is 2. The molecular formula is C18H17Cl2N3O4. The Morgan fingerprint density at radius 2 is 2.04 bits per heavy atom. The van der Waals surface area contributed by atoms with Gasteiger partial charge in [-0.3, -0.25) is 14.9 Å². The van der Waals surface area contributed by atoms with Crippen LogP contribution in [0.5, 0.6) is 5.75 Å². The number of anilines is 1. The highest BCUT2D eigenvalue weighted by molar-refractivity contribution is 6.42. The molecule has 1 saturated heterocycles. The van der Waals surface area contributed by atoms with Gasteiger partial charge in [-0.1, -0.05) is 23.2 Å². The molecule has 1 aliphatic heterocycles. The Morgan fingerprint density at radius 1 is 1.26 bits per heavy atom. The number of ether oxygens (including phenoxy) is 1. The van der Waals surface area contributed by atoms with Crippen LogP contribution in [0.2, 0.25) is 10.0 Å². The van der Waals surface area contributed by atoms with Gasteiger partial charge in [0.1, 0.15) is 17.5 Å². The van der Waals surface area contributed by atoms with Crippen LogP contribution in [0.1, 0.15) is 16.8 Å². The van der Waals surface area contributed by atoms with Crippen LogP contribution in [-0.2, 0) is 0 Å². The third-order valence-corrected chi connectivity index (χ3v) is 5.08. The monoisotopic (exact) mass is 409 g/mol. The highest BCUT2D eigenvalue weighted by Crippen LogP contribution is 2.33. The lowest BCUT2D eigenvalue weighted by Gasteiger charge is -2.19. The minimum absolute atomic E-state index is 0.105. The van der Waals surface area contributed by atoms with Crippen LogP contribution in [0.15, 0.2) is 36.4 Å². The van der Waals surface area contributed by atoms with E-state index in [0.717, 1.165) is 0 Å². The summed E-state index contributed by atoms with van der Waals surface area (Å²) in [6.07, 6.45) is 0.565. The molecule has 0 aromatic heterocycles. The van der Waals surface area contributed by atoms with Crippen molar-refractivity contribution >= 4 is 40.5 Å². The molecule has 1 fully saturated rings. The lowest BCUT2D eigenvalue weighted by Crippen LogP contribution is -2.25. The van der Waals surface area contributed by atoms with E-state index >= 15 is 0 Å². The molecule has 1 atom stereocenters. The number of benzene rings is 2. The number of hydrogen-bond donors (Lipinski definition) is 1. The third kappa shape index (κ3) is 4.26. The smallest absolute Gasteiger partial charge is 0.293 e. The van der Waals surface area contributed by atoms with E-state index in [1.807, 2.05) is 4.90 Å². The Hall–Kier alpha value is -2.51. The summed E-state index contributed by atoms with van der Waals surface area (Å²) >= 11 is 11.9. The standard InChI is InChI=1S/C18H17Cl2N3O4/c1-21-18(24)11-2-5-16(17(8-11)23(25)26)22-7-6-13(10-22)27-12-3-4-14(19)15(20)9-12/h2-5,8-9,13H,6-7,10H2,1H3,(H,21,24). The molecule has 0 aliphatic carbocycles. The Labute approximate surface area is 166 Å². The van der Waals surface area contributed by atoms with E-state index in [2.05, 4.69) is 5.32 Å². The van der Waals surface area contributed by atoms with Crippen molar-refractivity contribution in [1.29, 1.82) is 0 Å². The van der Waals surface area contributed by atoms with Gasteiger partial charge in [0.25, 0.3) is 11.6 Å². The fraction of sp³-hybridized carbons (Fsp3) is 0.278. The molecule has 2 aromatic rings. The zero-order valence-electron chi connectivity index (χ0n) is 14.4. The lowest BCUT2D eigenvalue weighted by atomic mass is 10.1. The summed E-state index contributed by atoms with van der Waals surface area (Å²) in [5.41, 5.74) is 0.606. The van der Waals surface area contributed by atoms with E-state index in [0.29, 0.717) is 41.0 Å². The molecule has 7 nitrogen and oxygen atoms in total. The van der Waals surface area contributed by atoms with Gasteiger partial charge >= 0.3 is 0 Å². The van der Waals surface area contributed by atoms with Gasteiger partial charge in [0.2, 0.25) is 0 Å². The summed E-state index contributed by atoms with van der Waals surface area (Å²) in [4.78, 5) is 24.6. The first kappa shape index (κ1) is 19.3. The molecule has 27 heavy (non-hydrogen) atoms. The van der Waals surface area contributed by atoms with Gasteiger partial charge in [-0.15, -0.1) is 0 Å². The van der Waals surface area contributed by atoms with Crippen molar-refractivity contribution in [3.05, 3.63) is 62.1 Å². The molecule has 2 aromatic carbocycles. The van der Waals surface area contributed by atoms with E-state index in [9.17, 15) is 14.9 Å². The second kappa shape index (κ2) is 8.02. The average Bonchev–Trinajstić information content (AvgIpc) is 3.11. The second-order valence-corrected chi connectivity index (χ2v) is 6.90. The summed E-state index contributed by atoms with van der Waals surface area (Å²) in [5.74, 6) is 0.229. The summed E-state index contributed by atoms with van der Waals surface area (Å²) < 4.78 is 5.92. The fourth-order valence-corrected chi connectivity index (χ4v) is 3.30. The summed E-state index contributed by atoms with van der Waals surface area (Å²) in [6, 6.07) is 9.51. The van der Waals surface area contributed by atoms with Crippen LogP contribution in [0.3, 0.4) is 0 Å². The number of nitrogens with one attached hydrogen (secondary N) is 1. The number of hydrogen-bond acceptors (Lipinski definition) is 5. The van der Waals surface area contributed by atoms with Gasteiger partial charge in [0.15, 0.2) is 0 Å². The summed E-state index contributed by atoms with van der Waals surface area (Å²) in [7, 11) is 1.48. The van der Waals surface area contributed by atoms with Gasteiger partial charge in [0, 0.05) is 37.7 Å². The van der Waals surface area contributed by atoms with Crippen LogP contribution < -0.4 is 15.0 Å². The third-order valence-electron chi connectivity index (χ3n) is 4.34. The normalized spacial score (nSPS) is 16.3. The van der Waals surface area contributed by atoms with Crippen molar-refractivity contribution in [2.24, 2.45) is 0 Å². The molecule has 0 bridgehead atoms. The molecule has 0 spiro atoms. The molecule has 0 saturated carbocycles. The van der Waals surface area contributed by atoms with Crippen LogP contribution in [0.4, 0.5) is 11.4 Å². The van der Waals surface area contributed by atoms with Crippen LogP contribution in [0.25, 0.3) is 0 Å². The Morgan fingerprint density at radius 3 is 2.70 bits per heavy atom. The molecule has 3 rings (SSSR count). The second-order valence-electron chi connectivity index (χ2n) is 6.09. The van der Waals surface area contributed by atoms with Gasteiger partial charge < -0.3 is 15.0 Å². The van der Waals surface area contributed by atoms with Crippen molar-refractivity contribution in [3.63, 3.8) is 0 Å². The van der Waals surface area contributed by atoms with E-state index in [1.54, 1.807) is 30.3 Å². The van der Waals surface area contributed by atoms with Crippen LogP contribution >= 0.6 is 23.2 Å². The van der Waals surface area contributed by atoms with Gasteiger partial charge in [-0.05, 0) is 24.3 Å². The maximum atomic E-state index is 11.7. The van der Waals surface area contributed by atoms with E-state index in [-0.39, 0.29) is 23.3 Å². The van der Waals surface area contributed by atoms with Gasteiger partial charge in [-0.25, -0.2) is 0 Å². The van der Waals surface area contributed by atoms with E-state index in [1.165, 1.54) is 13.1 Å². The number of amides is 1. The minimum atomic E-state index is -0.477. The van der Waals surface area contributed by atoms with Crippen molar-refractivity contribution in [3.8, 4) is 5.75 Å². The quantitative estimate of drug-likeness (QED) is 0.597. The SMILES string of the molecule is CNC(=O)c1ccc(N2CCC(Oc3ccc(Cl)c(Cl)c3)C2)c([N+](=O)[O-])c1. The van der Waals surface area contributed by atoms with Crippen molar-refractivity contribution in [2.75, 3.05) is 25.0 Å². The van der Waals surface area contributed by atoms with E-state index in [4.69, 9.17) is 27.9 Å². The molecule has 1 unspecified atom stereocenters. The first-order chi connectivity index (χ1) is 12.9. The predicted molar refractivity (Wildman–Crippen MR) is 104 cm³/mol. The summed E-state index contributed by atoms with van der Waals surface area (Å²) in [5, 5.41) is 14.8. The topological polar surface area (TPSA) is 84.7 Å². The van der Waals surface area contributed by atoms with E-state index < -0.39 is 4.92 Å². The highest BCUT2D eigenvalue weighted by atomic mass is 35.5. The first-order valence-corrected chi connectivity index (χ1v) is 9.02. The number of halogens is 2. The molecule has 1 N–H and O–H groups in total. The summed E-state index contributed by atoms with van der Waals surface area (Å²) in [6.45, 7) is 1.09. The van der Waals surface area contributed by atoms with Crippen LogP contribution in [-0.4, -0.2) is 37.1 Å². The van der Waals surface area contributed by atoms with Gasteiger partial charge in [-0.2, -0.15) is 0 Å². The number of rotatable bonds is 5. The zero-order chi connectivity index (χ0) is 19.6. The number of nitro groups is 1. The molecule has 1 aliphatic rings. The van der Waals surface area contributed by atoms with Crippen molar-refractivity contribution < 1.29 is 14.5 Å². The molecule has 1 amide bonds. The highest BCUT2D eigenvalue weighted by Gasteiger charge is 2.29. The minimum Gasteiger partial charge on any atom is -0.488 e. The van der Waals surface area contributed by atoms with Crippen LogP contribution in [0, 0.1) is 10.1 Å². The maximum absolute atomic E-state index is 11.7. The zero-order valence-corrected chi connectivity index (χ0v) is 16.0. The Kier molecular flexibility index (Phi) is 5.72. The van der Waals surface area contributed by atoms with Gasteiger partial charge in [0.05, 0.1) is 21.5 Å². The number of nitro benzene ring substituents is 1. The predicted octanol–water partition coefficient (Wildman–Crippen LogP) is 3.92. The average molecular weight is 410 g/mol. The molecular weight excluding hydrogens is 393 g/mol. The lowest BCUT2D eigenvalue weighted by molar-refractivity contribution is -0.384. The maximum Gasteiger partial charge on any atom is 0.293 e. The number of carbonyl (C=O) groups excluding carboxylic acids is 1. The Balaban J connectivity index is 1.76. The Bertz CT molecular complexity index is 891. The molecule has 9 heteroatoms. The molecule has 0 radical (unpaired) electrons. The number of carbonyl (C=O) groups is 1. The largest absolute Gasteiger partial charge is 0.488 e. The molecule has 1 heterocycles. The fourth-order valence-electron chi connectivity index (χ4n) is 3.01. The van der Waals surface area contributed by atoms with Crippen molar-refractivity contribution in [1.82, 2.24) is 5.32 Å². The molecule has 142 valence electrons.